The Labute approximate surface area is 193 Å². The van der Waals surface area contributed by atoms with Crippen LogP contribution in [0.3, 0.4) is 0 Å². The Morgan fingerprint density at radius 1 is 1.00 bits per heavy atom. The van der Waals surface area contributed by atoms with Crippen LogP contribution in [0.1, 0.15) is 35.2 Å². The third kappa shape index (κ3) is 7.93. The van der Waals surface area contributed by atoms with E-state index in [4.69, 9.17) is 4.74 Å². The van der Waals surface area contributed by atoms with Gasteiger partial charge in [-0.25, -0.2) is 4.79 Å². The molecule has 1 saturated heterocycles. The van der Waals surface area contributed by atoms with Gasteiger partial charge in [-0.3, -0.25) is 14.4 Å². The summed E-state index contributed by atoms with van der Waals surface area (Å²) >= 11 is 0. The number of Topliss-reactive ketones (excluding diaryl/α,β-unsaturated/α-hetero) is 1. The summed E-state index contributed by atoms with van der Waals surface area (Å²) in [5.41, 5.74) is 1.41. The van der Waals surface area contributed by atoms with Crippen LogP contribution in [0.5, 0.6) is 0 Å². The van der Waals surface area contributed by atoms with E-state index in [0.717, 1.165) is 18.5 Å². The van der Waals surface area contributed by atoms with Gasteiger partial charge in [-0.2, -0.15) is 0 Å². The zero-order valence-corrected chi connectivity index (χ0v) is 18.4. The lowest BCUT2D eigenvalue weighted by Crippen LogP contribution is -2.43. The molecule has 0 radical (unpaired) electrons. The number of hydrogen-bond donors (Lipinski definition) is 3. The highest BCUT2D eigenvalue weighted by Gasteiger charge is 2.25. The summed E-state index contributed by atoms with van der Waals surface area (Å²) in [6.45, 7) is 0.779. The summed E-state index contributed by atoms with van der Waals surface area (Å²) in [6, 6.07) is 17.0. The maximum Gasteiger partial charge on any atom is 0.330 e. The third-order valence-electron chi connectivity index (χ3n) is 5.39. The summed E-state index contributed by atoms with van der Waals surface area (Å²) in [7, 11) is 0. The van der Waals surface area contributed by atoms with Crippen molar-refractivity contribution in [1.29, 1.82) is 0 Å². The van der Waals surface area contributed by atoms with Crippen LogP contribution in [0.15, 0.2) is 60.7 Å². The van der Waals surface area contributed by atoms with Crippen molar-refractivity contribution in [1.82, 2.24) is 16.0 Å². The smallest absolute Gasteiger partial charge is 0.330 e. The zero-order chi connectivity index (χ0) is 23.5. The molecule has 174 valence electrons. The molecular weight excluding hydrogens is 422 g/mol. The molecule has 0 aromatic heterocycles. The van der Waals surface area contributed by atoms with Crippen molar-refractivity contribution in [3.8, 4) is 0 Å². The molecule has 1 unspecified atom stereocenters. The van der Waals surface area contributed by atoms with E-state index in [9.17, 15) is 19.2 Å². The Hall–Kier alpha value is -3.36. The molecule has 0 saturated carbocycles. The first-order chi connectivity index (χ1) is 16.0. The van der Waals surface area contributed by atoms with Gasteiger partial charge in [-0.15, -0.1) is 0 Å². The first-order valence-electron chi connectivity index (χ1n) is 11.1. The van der Waals surface area contributed by atoms with Crippen LogP contribution in [-0.2, 0) is 25.5 Å². The molecule has 3 N–H and O–H groups in total. The molecule has 0 bridgehead atoms. The number of ketones is 1. The lowest BCUT2D eigenvalue weighted by molar-refractivity contribution is -0.160. The van der Waals surface area contributed by atoms with E-state index >= 15 is 0 Å². The van der Waals surface area contributed by atoms with E-state index in [1.807, 2.05) is 36.4 Å². The predicted octanol–water partition coefficient (Wildman–Crippen LogP) is 1.40. The van der Waals surface area contributed by atoms with Crippen LogP contribution in [0.2, 0.25) is 0 Å². The minimum atomic E-state index is -0.705. The molecule has 8 heteroatoms. The van der Waals surface area contributed by atoms with Gasteiger partial charge in [0.15, 0.2) is 5.78 Å². The van der Waals surface area contributed by atoms with Crippen LogP contribution in [0.25, 0.3) is 0 Å². The highest BCUT2D eigenvalue weighted by Crippen LogP contribution is 2.08. The third-order valence-corrected chi connectivity index (χ3v) is 5.39. The highest BCUT2D eigenvalue weighted by atomic mass is 16.6. The molecule has 2 aromatic carbocycles. The number of ether oxygens (including phenoxy) is 1. The maximum atomic E-state index is 12.9. The van der Waals surface area contributed by atoms with Gasteiger partial charge >= 0.3 is 11.9 Å². The van der Waals surface area contributed by atoms with E-state index in [0.29, 0.717) is 18.4 Å². The van der Waals surface area contributed by atoms with Crippen molar-refractivity contribution in [3.63, 3.8) is 0 Å². The summed E-state index contributed by atoms with van der Waals surface area (Å²) in [4.78, 5) is 49.2. The van der Waals surface area contributed by atoms with E-state index in [1.54, 1.807) is 24.3 Å². The van der Waals surface area contributed by atoms with E-state index in [-0.39, 0.29) is 31.2 Å². The molecule has 2 aromatic rings. The Morgan fingerprint density at radius 2 is 1.70 bits per heavy atom. The number of rotatable bonds is 11. The monoisotopic (exact) mass is 451 g/mol. The second-order valence-electron chi connectivity index (χ2n) is 7.92. The fourth-order valence-corrected chi connectivity index (χ4v) is 3.61. The molecular formula is C25H29N3O5. The number of nitrogens with one attached hydrogen (secondary N) is 3. The minimum Gasteiger partial charge on any atom is -0.391 e. The number of benzene rings is 2. The Kier molecular flexibility index (Phi) is 9.29. The van der Waals surface area contributed by atoms with E-state index in [1.165, 1.54) is 0 Å². The molecule has 2 atom stereocenters. The van der Waals surface area contributed by atoms with Crippen LogP contribution >= 0.6 is 0 Å². The van der Waals surface area contributed by atoms with Crippen molar-refractivity contribution in [3.05, 3.63) is 71.8 Å². The van der Waals surface area contributed by atoms with Crippen LogP contribution < -0.4 is 16.0 Å². The van der Waals surface area contributed by atoms with Gasteiger partial charge < -0.3 is 20.7 Å². The maximum absolute atomic E-state index is 12.9. The largest absolute Gasteiger partial charge is 0.391 e. The fraction of sp³-hybridized carbons (Fsp3) is 0.360. The van der Waals surface area contributed by atoms with E-state index in [2.05, 4.69) is 16.0 Å². The van der Waals surface area contributed by atoms with Crippen molar-refractivity contribution < 1.29 is 23.9 Å². The molecule has 33 heavy (non-hydrogen) atoms. The second kappa shape index (κ2) is 12.6. The van der Waals surface area contributed by atoms with Gasteiger partial charge in [0.05, 0.1) is 12.6 Å². The van der Waals surface area contributed by atoms with Crippen molar-refractivity contribution in [2.24, 2.45) is 0 Å². The number of carbonyl (C=O) groups excluding carboxylic acids is 4. The van der Waals surface area contributed by atoms with Crippen LogP contribution in [0, 0.1) is 0 Å². The van der Waals surface area contributed by atoms with Crippen LogP contribution in [-0.4, -0.2) is 55.3 Å². The first kappa shape index (κ1) is 24.3. The average molecular weight is 452 g/mol. The normalized spacial score (nSPS) is 16.1. The number of hydrogen-bond acceptors (Lipinski definition) is 7. The zero-order valence-electron chi connectivity index (χ0n) is 18.4. The van der Waals surface area contributed by atoms with Crippen molar-refractivity contribution in [2.75, 3.05) is 19.6 Å². The molecule has 0 aliphatic carbocycles. The van der Waals surface area contributed by atoms with Gasteiger partial charge in [-0.1, -0.05) is 48.5 Å². The summed E-state index contributed by atoms with van der Waals surface area (Å²) in [6.07, 6.45) is 2.01. The van der Waals surface area contributed by atoms with Crippen molar-refractivity contribution >= 4 is 23.6 Å². The van der Waals surface area contributed by atoms with Crippen molar-refractivity contribution in [2.45, 2.75) is 37.8 Å². The first-order valence-corrected chi connectivity index (χ1v) is 11.1. The Morgan fingerprint density at radius 3 is 2.36 bits per heavy atom. The molecule has 1 heterocycles. The topological polar surface area (TPSA) is 114 Å². The Balaban J connectivity index is 1.48. The molecule has 1 amide bonds. The molecule has 0 spiro atoms. The second-order valence-corrected chi connectivity index (χ2v) is 7.92. The van der Waals surface area contributed by atoms with Gasteiger partial charge in [0.1, 0.15) is 6.04 Å². The minimum absolute atomic E-state index is 0.109. The SMILES string of the molecule is O=C(CNCCC(=O)C(Cc1ccccc1)NC(=O)c1ccccc1)OC(=O)[C@@H]1CCCN1. The van der Waals surface area contributed by atoms with E-state index < -0.39 is 24.0 Å². The molecule has 1 fully saturated rings. The van der Waals surface area contributed by atoms with Gasteiger partial charge in [-0.05, 0) is 43.5 Å². The summed E-state index contributed by atoms with van der Waals surface area (Å²) in [5, 5.41) is 8.64. The van der Waals surface area contributed by atoms with Gasteiger partial charge in [0.2, 0.25) is 0 Å². The lowest BCUT2D eigenvalue weighted by Gasteiger charge is -2.18. The van der Waals surface area contributed by atoms with Gasteiger partial charge in [0.25, 0.3) is 5.91 Å². The highest BCUT2D eigenvalue weighted by molar-refractivity contribution is 5.98. The number of esters is 2. The molecule has 8 nitrogen and oxygen atoms in total. The quantitative estimate of drug-likeness (QED) is 0.269. The predicted molar refractivity (Wildman–Crippen MR) is 122 cm³/mol. The fourth-order valence-electron chi connectivity index (χ4n) is 3.61. The summed E-state index contributed by atoms with van der Waals surface area (Å²) < 4.78 is 4.82. The van der Waals surface area contributed by atoms with Gasteiger partial charge in [0, 0.05) is 18.5 Å². The number of carbonyl (C=O) groups is 4. The molecule has 3 rings (SSSR count). The average Bonchev–Trinajstić information content (AvgIpc) is 3.38. The Bertz CT molecular complexity index is 943. The molecule has 1 aliphatic rings. The summed E-state index contributed by atoms with van der Waals surface area (Å²) in [5.74, 6) is -1.73. The van der Waals surface area contributed by atoms with Crippen LogP contribution in [0.4, 0.5) is 0 Å². The molecule has 1 aliphatic heterocycles. The lowest BCUT2D eigenvalue weighted by atomic mass is 10.00. The number of amides is 1. The standard InChI is InChI=1S/C25H29N3O5/c29-22(13-15-26-17-23(30)33-25(32)20-12-7-14-27-20)21(16-18-8-3-1-4-9-18)28-24(31)19-10-5-2-6-11-19/h1-6,8-11,20-21,26-27H,7,12-17H2,(H,28,31)/t20-,21?/m0/s1.